The Morgan fingerprint density at radius 3 is 2.76 bits per heavy atom. The van der Waals surface area contributed by atoms with Crippen molar-refractivity contribution in [2.45, 2.75) is 31.8 Å². The largest absolute Gasteiger partial charge is 0.393 e. The minimum Gasteiger partial charge on any atom is -0.393 e. The van der Waals surface area contributed by atoms with E-state index in [1.54, 1.807) is 12.5 Å². The van der Waals surface area contributed by atoms with E-state index >= 15 is 0 Å². The number of aromatic nitrogens is 2. The third-order valence-electron chi connectivity index (χ3n) is 4.14. The molecule has 1 saturated carbocycles. The molecule has 2 aromatic rings. The Morgan fingerprint density at radius 1 is 1.24 bits per heavy atom. The summed E-state index contributed by atoms with van der Waals surface area (Å²) in [6.45, 7) is 0.727. The predicted octanol–water partition coefficient (Wildman–Crippen LogP) is 2.84. The van der Waals surface area contributed by atoms with E-state index in [1.807, 2.05) is 17.0 Å². The Morgan fingerprint density at radius 2 is 2.05 bits per heavy atom. The van der Waals surface area contributed by atoms with Crippen LogP contribution in [0.5, 0.6) is 0 Å². The zero-order valence-electron chi connectivity index (χ0n) is 12.1. The number of rotatable bonds is 4. The Balaban J connectivity index is 1.58. The van der Waals surface area contributed by atoms with Crippen LogP contribution < -0.4 is 0 Å². The maximum absolute atomic E-state index is 9.93. The first-order valence-corrected chi connectivity index (χ1v) is 7.59. The molecule has 3 rings (SSSR count). The Kier molecular flexibility index (Phi) is 4.46. The predicted molar refractivity (Wildman–Crippen MR) is 84.0 cm³/mol. The molecule has 0 saturated heterocycles. The lowest BCUT2D eigenvalue weighted by Crippen LogP contribution is -2.26. The number of aliphatic imine (C=N–C) groups is 1. The van der Waals surface area contributed by atoms with Crippen molar-refractivity contribution in [2.24, 2.45) is 10.9 Å². The topological polar surface area (TPSA) is 50.4 Å². The molecule has 4 heteroatoms. The normalized spacial score (nSPS) is 22.7. The van der Waals surface area contributed by atoms with Crippen LogP contribution in [0.4, 0.5) is 0 Å². The summed E-state index contributed by atoms with van der Waals surface area (Å²) in [5, 5.41) is 9.93. The molecule has 1 aromatic heterocycles. The molecule has 1 heterocycles. The maximum Gasteiger partial charge on any atom is 0.0991 e. The van der Waals surface area contributed by atoms with Gasteiger partial charge < -0.3 is 9.67 Å². The number of nitrogens with zero attached hydrogens (tertiary/aromatic N) is 3. The monoisotopic (exact) mass is 283 g/mol. The molecule has 0 unspecified atom stereocenters. The number of benzene rings is 1. The molecule has 0 spiro atoms. The second-order valence-electron chi connectivity index (χ2n) is 5.67. The van der Waals surface area contributed by atoms with E-state index in [4.69, 9.17) is 0 Å². The van der Waals surface area contributed by atoms with Crippen LogP contribution in [0.25, 0.3) is 5.69 Å². The lowest BCUT2D eigenvalue weighted by atomic mass is 9.87. The third kappa shape index (κ3) is 3.58. The van der Waals surface area contributed by atoms with Crippen molar-refractivity contribution in [3.8, 4) is 5.69 Å². The van der Waals surface area contributed by atoms with Crippen LogP contribution in [0.2, 0.25) is 0 Å². The van der Waals surface area contributed by atoms with Gasteiger partial charge in [0.2, 0.25) is 0 Å². The van der Waals surface area contributed by atoms with Gasteiger partial charge in [0.05, 0.1) is 12.4 Å². The molecular weight excluding hydrogens is 262 g/mol. The van der Waals surface area contributed by atoms with Crippen molar-refractivity contribution in [3.63, 3.8) is 0 Å². The van der Waals surface area contributed by atoms with Crippen LogP contribution in [0.15, 0.2) is 48.0 Å². The van der Waals surface area contributed by atoms with Gasteiger partial charge in [-0.05, 0) is 30.5 Å². The van der Waals surface area contributed by atoms with Gasteiger partial charge in [0.1, 0.15) is 0 Å². The highest BCUT2D eigenvalue weighted by Crippen LogP contribution is 2.24. The number of hydrogen-bond acceptors (Lipinski definition) is 3. The number of imidazole rings is 1. The van der Waals surface area contributed by atoms with Crippen molar-refractivity contribution in [2.75, 3.05) is 6.54 Å². The quantitative estimate of drug-likeness (QED) is 0.877. The zero-order chi connectivity index (χ0) is 14.5. The van der Waals surface area contributed by atoms with Crippen LogP contribution >= 0.6 is 0 Å². The molecule has 1 fully saturated rings. The van der Waals surface area contributed by atoms with Crippen LogP contribution in [0, 0.1) is 5.92 Å². The van der Waals surface area contributed by atoms with Crippen molar-refractivity contribution in [1.29, 1.82) is 0 Å². The van der Waals surface area contributed by atoms with Crippen LogP contribution in [-0.2, 0) is 0 Å². The number of aliphatic hydroxyl groups excluding tert-OH is 1. The molecule has 0 aliphatic heterocycles. The van der Waals surface area contributed by atoms with E-state index in [2.05, 4.69) is 34.2 Å². The summed E-state index contributed by atoms with van der Waals surface area (Å²) in [7, 11) is 0. The highest BCUT2D eigenvalue weighted by Gasteiger charge is 2.21. The molecule has 110 valence electrons. The fourth-order valence-corrected chi connectivity index (χ4v) is 2.84. The van der Waals surface area contributed by atoms with Gasteiger partial charge in [0.15, 0.2) is 0 Å². The summed E-state index contributed by atoms with van der Waals surface area (Å²) in [5.74, 6) is 0.334. The Labute approximate surface area is 125 Å². The van der Waals surface area contributed by atoms with Crippen LogP contribution in [0.1, 0.15) is 31.2 Å². The van der Waals surface area contributed by atoms with Crippen molar-refractivity contribution < 1.29 is 5.11 Å². The summed E-state index contributed by atoms with van der Waals surface area (Å²) in [4.78, 5) is 8.55. The van der Waals surface area contributed by atoms with Gasteiger partial charge >= 0.3 is 0 Å². The minimum atomic E-state index is -0.167. The first-order valence-electron chi connectivity index (χ1n) is 7.59. The van der Waals surface area contributed by atoms with E-state index in [9.17, 15) is 5.11 Å². The summed E-state index contributed by atoms with van der Waals surface area (Å²) < 4.78 is 1.97. The smallest absolute Gasteiger partial charge is 0.0991 e. The second kappa shape index (κ2) is 6.68. The van der Waals surface area contributed by atoms with E-state index < -0.39 is 0 Å². The van der Waals surface area contributed by atoms with Gasteiger partial charge in [-0.2, -0.15) is 0 Å². The molecule has 0 bridgehead atoms. The minimum absolute atomic E-state index is 0.167. The van der Waals surface area contributed by atoms with Crippen molar-refractivity contribution in [3.05, 3.63) is 48.5 Å². The van der Waals surface area contributed by atoms with Crippen LogP contribution in [-0.4, -0.2) is 33.5 Å². The molecule has 1 aliphatic rings. The average molecular weight is 283 g/mol. The molecule has 21 heavy (non-hydrogen) atoms. The lowest BCUT2D eigenvalue weighted by molar-refractivity contribution is 0.0746. The van der Waals surface area contributed by atoms with Gasteiger partial charge in [0.25, 0.3) is 0 Å². The molecule has 1 aliphatic carbocycles. The Hall–Kier alpha value is -1.94. The molecule has 1 aromatic carbocycles. The summed E-state index contributed by atoms with van der Waals surface area (Å²) in [6.07, 6.45) is 11.6. The highest BCUT2D eigenvalue weighted by atomic mass is 16.3. The van der Waals surface area contributed by atoms with E-state index in [0.29, 0.717) is 5.92 Å². The Bertz CT molecular complexity index is 575. The first-order chi connectivity index (χ1) is 10.3. The average Bonchev–Trinajstić information content (AvgIpc) is 3.04. The van der Waals surface area contributed by atoms with Gasteiger partial charge in [-0.15, -0.1) is 0 Å². The summed E-state index contributed by atoms with van der Waals surface area (Å²) in [5.41, 5.74) is 2.18. The van der Waals surface area contributed by atoms with Gasteiger partial charge in [-0.25, -0.2) is 4.98 Å². The summed E-state index contributed by atoms with van der Waals surface area (Å²) in [6, 6.07) is 8.21. The molecule has 0 radical (unpaired) electrons. The second-order valence-corrected chi connectivity index (χ2v) is 5.67. The summed E-state index contributed by atoms with van der Waals surface area (Å²) >= 11 is 0. The lowest BCUT2D eigenvalue weighted by Gasteiger charge is -2.25. The van der Waals surface area contributed by atoms with E-state index in [0.717, 1.165) is 37.1 Å². The van der Waals surface area contributed by atoms with Gasteiger partial charge in [-0.3, -0.25) is 4.99 Å². The molecular formula is C17H21N3O. The van der Waals surface area contributed by atoms with Gasteiger partial charge in [-0.1, -0.05) is 25.0 Å². The fourth-order valence-electron chi connectivity index (χ4n) is 2.84. The van der Waals surface area contributed by atoms with Gasteiger partial charge in [0, 0.05) is 36.8 Å². The molecule has 0 amide bonds. The van der Waals surface area contributed by atoms with E-state index in [1.165, 1.54) is 6.42 Å². The van der Waals surface area contributed by atoms with Crippen LogP contribution in [0.3, 0.4) is 0 Å². The standard InChI is InChI=1S/C17H21N3O/c21-17-4-2-1-3-15(17)12-19-11-14-5-7-16(8-6-14)20-10-9-18-13-20/h5-11,13,15,17,21H,1-4,12H2/t15-,17+/m0/s1. The molecule has 1 N–H and O–H groups in total. The zero-order valence-corrected chi connectivity index (χ0v) is 12.1. The molecule has 4 nitrogen and oxygen atoms in total. The number of hydrogen-bond donors (Lipinski definition) is 1. The SMILES string of the molecule is O[C@@H]1CCCC[C@H]1CN=Cc1ccc(-n2ccnc2)cc1. The molecule has 2 atom stereocenters. The third-order valence-corrected chi connectivity index (χ3v) is 4.14. The van der Waals surface area contributed by atoms with E-state index in [-0.39, 0.29) is 6.10 Å². The maximum atomic E-state index is 9.93. The van der Waals surface area contributed by atoms with Crippen molar-refractivity contribution in [1.82, 2.24) is 9.55 Å². The number of aliphatic hydroxyl groups is 1. The highest BCUT2D eigenvalue weighted by molar-refractivity contribution is 5.79. The first kappa shape index (κ1) is 14.0. The van der Waals surface area contributed by atoms with Crippen molar-refractivity contribution >= 4 is 6.21 Å². The fraction of sp³-hybridized carbons (Fsp3) is 0.412.